The molecule has 3 nitrogen and oxygen atoms in total. The van der Waals surface area contributed by atoms with Gasteiger partial charge in [0.15, 0.2) is 0 Å². The smallest absolute Gasteiger partial charge is 0.225 e. The summed E-state index contributed by atoms with van der Waals surface area (Å²) >= 11 is 6.32. The summed E-state index contributed by atoms with van der Waals surface area (Å²) in [6, 6.07) is 5.34. The molecule has 0 bridgehead atoms. The van der Waals surface area contributed by atoms with Gasteiger partial charge in [0.2, 0.25) is 5.91 Å². The zero-order chi connectivity index (χ0) is 15.4. The first kappa shape index (κ1) is 19.2. The van der Waals surface area contributed by atoms with Crippen LogP contribution in [0.4, 0.5) is 0 Å². The van der Waals surface area contributed by atoms with Crippen LogP contribution < -0.4 is 4.74 Å². The van der Waals surface area contributed by atoms with Gasteiger partial charge in [-0.3, -0.25) is 4.79 Å². The largest absolute Gasteiger partial charge is 0.481 e. The van der Waals surface area contributed by atoms with Crippen molar-refractivity contribution in [3.63, 3.8) is 0 Å². The third-order valence-corrected chi connectivity index (χ3v) is 3.68. The molecule has 0 N–H and O–H groups in total. The van der Waals surface area contributed by atoms with E-state index in [2.05, 4.69) is 12.0 Å². The molecule has 0 fully saturated rings. The molecule has 1 aromatic carbocycles. The van der Waals surface area contributed by atoms with Crippen molar-refractivity contribution in [2.75, 3.05) is 13.2 Å². The summed E-state index contributed by atoms with van der Waals surface area (Å²) < 4.78 is 5.34. The number of amides is 1. The fourth-order valence-corrected chi connectivity index (χ4v) is 2.53. The van der Waals surface area contributed by atoms with E-state index >= 15 is 0 Å². The van der Waals surface area contributed by atoms with Gasteiger partial charge in [-0.25, -0.2) is 6.08 Å². The first-order chi connectivity index (χ1) is 10.1. The summed E-state index contributed by atoms with van der Waals surface area (Å²) in [7, 11) is 0. The van der Waals surface area contributed by atoms with Gasteiger partial charge in [-0.15, -0.1) is 35.4 Å². The molecule has 0 aliphatic carbocycles. The maximum Gasteiger partial charge on any atom is 0.225 e. The number of allylic oxidation sites excluding steroid dienone is 1. The SMILES string of the molecule is C#CCOc1ccc(C2=[C-]CC(C)C(=O)N2CC)c(Cl)c1.[Y]. The van der Waals surface area contributed by atoms with Gasteiger partial charge >= 0.3 is 0 Å². The Morgan fingerprint density at radius 2 is 2.27 bits per heavy atom. The van der Waals surface area contributed by atoms with E-state index in [-0.39, 0.29) is 51.1 Å². The molecule has 5 heteroatoms. The van der Waals surface area contributed by atoms with E-state index in [1.807, 2.05) is 19.9 Å². The van der Waals surface area contributed by atoms with Crippen molar-refractivity contribution in [1.29, 1.82) is 0 Å². The van der Waals surface area contributed by atoms with Crippen molar-refractivity contribution < 1.29 is 42.2 Å². The number of carbonyl (C=O) groups excluding carboxylic acids is 1. The predicted octanol–water partition coefficient (Wildman–Crippen LogP) is 3.38. The van der Waals surface area contributed by atoms with Crippen molar-refractivity contribution in [2.45, 2.75) is 20.3 Å². The molecule has 1 amide bonds. The van der Waals surface area contributed by atoms with Crippen molar-refractivity contribution in [3.8, 4) is 18.1 Å². The van der Waals surface area contributed by atoms with E-state index in [4.69, 9.17) is 22.8 Å². The number of hydrogen-bond donors (Lipinski definition) is 0. The van der Waals surface area contributed by atoms with E-state index in [0.717, 1.165) is 11.3 Å². The Labute approximate surface area is 161 Å². The van der Waals surface area contributed by atoms with Gasteiger partial charge in [-0.2, -0.15) is 0 Å². The number of halogens is 1. The topological polar surface area (TPSA) is 29.5 Å². The van der Waals surface area contributed by atoms with E-state index in [1.54, 1.807) is 17.0 Å². The zero-order valence-electron chi connectivity index (χ0n) is 12.7. The Morgan fingerprint density at radius 1 is 1.55 bits per heavy atom. The Balaban J connectivity index is 0.00000242. The minimum absolute atomic E-state index is 0. The molecule has 2 rings (SSSR count). The molecular formula is C17H17ClNO2Y-. The molecule has 0 saturated carbocycles. The number of terminal acetylenes is 1. The van der Waals surface area contributed by atoms with Crippen LogP contribution in [0.3, 0.4) is 0 Å². The van der Waals surface area contributed by atoms with E-state index < -0.39 is 0 Å². The van der Waals surface area contributed by atoms with Gasteiger partial charge in [0.25, 0.3) is 0 Å². The average Bonchev–Trinajstić information content (AvgIpc) is 2.48. The molecule has 0 saturated heterocycles. The molecule has 1 unspecified atom stereocenters. The van der Waals surface area contributed by atoms with E-state index in [0.29, 0.717) is 23.7 Å². The number of rotatable bonds is 4. The molecule has 1 atom stereocenters. The van der Waals surface area contributed by atoms with Crippen molar-refractivity contribution in [1.82, 2.24) is 4.90 Å². The first-order valence-electron chi connectivity index (χ1n) is 6.86. The minimum Gasteiger partial charge on any atom is -0.481 e. The standard InChI is InChI=1S/C17H17ClNO2.Y/c1-4-10-21-13-7-8-14(15(18)11-13)16-9-6-12(3)17(20)19(16)5-2;/h1,7-8,11-12H,5-6,10H2,2-3H3;/q-1;. The summed E-state index contributed by atoms with van der Waals surface area (Å²) in [6.45, 7) is 4.64. The summed E-state index contributed by atoms with van der Waals surface area (Å²) in [5, 5.41) is 0.521. The molecular weight excluding hydrogens is 375 g/mol. The van der Waals surface area contributed by atoms with E-state index in [1.165, 1.54) is 0 Å². The summed E-state index contributed by atoms with van der Waals surface area (Å²) in [6.07, 6.45) is 9.05. The van der Waals surface area contributed by atoms with Crippen LogP contribution in [0.25, 0.3) is 5.70 Å². The van der Waals surface area contributed by atoms with Crippen LogP contribution in [0.15, 0.2) is 18.2 Å². The van der Waals surface area contributed by atoms with Gasteiger partial charge in [0.05, 0.1) is 0 Å². The summed E-state index contributed by atoms with van der Waals surface area (Å²) in [4.78, 5) is 14.0. The third kappa shape index (κ3) is 4.13. The second-order valence-electron chi connectivity index (χ2n) is 4.85. The second-order valence-corrected chi connectivity index (χ2v) is 5.25. The third-order valence-electron chi connectivity index (χ3n) is 3.37. The number of benzene rings is 1. The monoisotopic (exact) mass is 391 g/mol. The predicted molar refractivity (Wildman–Crippen MR) is 83.6 cm³/mol. The number of hydrogen-bond acceptors (Lipinski definition) is 2. The number of carbonyl (C=O) groups is 1. The molecule has 1 aliphatic heterocycles. The van der Waals surface area contributed by atoms with Crippen LogP contribution in [-0.4, -0.2) is 24.0 Å². The van der Waals surface area contributed by atoms with Gasteiger partial charge in [0.1, 0.15) is 12.4 Å². The van der Waals surface area contributed by atoms with Crippen molar-refractivity contribution >= 4 is 23.2 Å². The van der Waals surface area contributed by atoms with Crippen LogP contribution in [0.5, 0.6) is 5.75 Å². The van der Waals surface area contributed by atoms with Crippen LogP contribution in [-0.2, 0) is 37.5 Å². The molecule has 113 valence electrons. The zero-order valence-corrected chi connectivity index (χ0v) is 16.3. The Hall–Kier alpha value is -0.816. The molecule has 22 heavy (non-hydrogen) atoms. The van der Waals surface area contributed by atoms with Gasteiger partial charge < -0.3 is 9.64 Å². The molecule has 1 radical (unpaired) electrons. The van der Waals surface area contributed by atoms with Gasteiger partial charge in [-0.1, -0.05) is 19.3 Å². The summed E-state index contributed by atoms with van der Waals surface area (Å²) in [5.41, 5.74) is 1.53. The number of nitrogens with zero attached hydrogens (tertiary/aromatic N) is 1. The fraction of sp³-hybridized carbons (Fsp3) is 0.353. The van der Waals surface area contributed by atoms with Crippen molar-refractivity contribution in [2.24, 2.45) is 5.92 Å². The van der Waals surface area contributed by atoms with Crippen LogP contribution >= 0.6 is 11.6 Å². The van der Waals surface area contributed by atoms with E-state index in [9.17, 15) is 4.79 Å². The Morgan fingerprint density at radius 3 is 2.86 bits per heavy atom. The fourth-order valence-electron chi connectivity index (χ4n) is 2.27. The quantitative estimate of drug-likeness (QED) is 0.582. The van der Waals surface area contributed by atoms with Gasteiger partial charge in [-0.05, 0) is 24.1 Å². The Kier molecular flexibility index (Phi) is 7.62. The second kappa shape index (κ2) is 8.72. The maximum absolute atomic E-state index is 12.2. The summed E-state index contributed by atoms with van der Waals surface area (Å²) in [5.74, 6) is 3.09. The average molecular weight is 392 g/mol. The van der Waals surface area contributed by atoms with Gasteiger partial charge in [0, 0.05) is 45.2 Å². The molecule has 0 aromatic heterocycles. The van der Waals surface area contributed by atoms with Crippen molar-refractivity contribution in [3.05, 3.63) is 34.9 Å². The van der Waals surface area contributed by atoms with Crippen LogP contribution in [0.1, 0.15) is 25.8 Å². The Bertz CT molecular complexity index is 622. The van der Waals surface area contributed by atoms with Crippen LogP contribution in [0, 0.1) is 24.3 Å². The molecule has 1 heterocycles. The molecule has 1 aromatic rings. The van der Waals surface area contributed by atoms with Crippen LogP contribution in [0.2, 0.25) is 5.02 Å². The first-order valence-corrected chi connectivity index (χ1v) is 7.24. The minimum atomic E-state index is -0.0364. The normalized spacial score (nSPS) is 17.4. The maximum atomic E-state index is 12.2. The molecule has 0 spiro atoms. The molecule has 1 aliphatic rings. The number of ether oxygens (including phenoxy) is 1.